The summed E-state index contributed by atoms with van der Waals surface area (Å²) in [6.45, 7) is 7.42. The molecule has 4 fully saturated rings. The summed E-state index contributed by atoms with van der Waals surface area (Å²) in [5.74, 6) is 0. The molecule has 0 amide bonds. The highest BCUT2D eigenvalue weighted by molar-refractivity contribution is 4.94. The fraction of sp³-hybridized carbons (Fsp3) is 1.00. The number of hydrogen-bond acceptors (Lipinski definition) is 3. The Morgan fingerprint density at radius 3 is 2.18 bits per heavy atom. The first kappa shape index (κ1) is 15.4. The molecule has 3 heterocycles. The lowest BCUT2D eigenvalue weighted by atomic mass is 9.76. The molecule has 1 aliphatic carbocycles. The third-order valence-corrected chi connectivity index (χ3v) is 7.38. The van der Waals surface area contributed by atoms with Crippen LogP contribution < -0.4 is 0 Å². The van der Waals surface area contributed by atoms with Gasteiger partial charge in [-0.1, -0.05) is 12.8 Å². The van der Waals surface area contributed by atoms with Crippen LogP contribution in [-0.4, -0.2) is 62.3 Å². The van der Waals surface area contributed by atoms with E-state index in [0.717, 1.165) is 12.0 Å². The van der Waals surface area contributed by atoms with Gasteiger partial charge in [-0.2, -0.15) is 0 Å². The van der Waals surface area contributed by atoms with E-state index in [0.29, 0.717) is 11.5 Å². The minimum Gasteiger partial charge on any atom is -0.376 e. The molecule has 2 spiro atoms. The van der Waals surface area contributed by atoms with Crippen molar-refractivity contribution in [2.45, 2.75) is 63.9 Å². The largest absolute Gasteiger partial charge is 0.376 e. The van der Waals surface area contributed by atoms with Crippen molar-refractivity contribution in [2.75, 3.05) is 46.4 Å². The van der Waals surface area contributed by atoms with Crippen LogP contribution >= 0.6 is 0 Å². The first-order valence-corrected chi connectivity index (χ1v) is 9.70. The van der Waals surface area contributed by atoms with Crippen LogP contribution in [0, 0.1) is 10.8 Å². The standard InChI is InChI=1S/C19H34N2O/c1-20-10-6-19(7-11-20)14-17(22-16-19)15-21-12-8-18(9-13-21)4-2-3-5-18/h17H,2-16H2,1H3. The van der Waals surface area contributed by atoms with E-state index in [9.17, 15) is 0 Å². The van der Waals surface area contributed by atoms with Crippen LogP contribution in [0.5, 0.6) is 0 Å². The lowest BCUT2D eigenvalue weighted by molar-refractivity contribution is 0.0347. The molecular weight excluding hydrogens is 272 g/mol. The Morgan fingerprint density at radius 1 is 0.864 bits per heavy atom. The predicted molar refractivity (Wildman–Crippen MR) is 90.1 cm³/mol. The third-order valence-electron chi connectivity index (χ3n) is 7.38. The van der Waals surface area contributed by atoms with E-state index in [2.05, 4.69) is 16.8 Å². The lowest BCUT2D eigenvalue weighted by Gasteiger charge is -2.40. The molecular formula is C19H34N2O. The van der Waals surface area contributed by atoms with Crippen LogP contribution in [0.15, 0.2) is 0 Å². The van der Waals surface area contributed by atoms with E-state index < -0.39 is 0 Å². The van der Waals surface area contributed by atoms with E-state index in [1.165, 1.54) is 90.5 Å². The Labute approximate surface area is 136 Å². The third kappa shape index (κ3) is 3.09. The summed E-state index contributed by atoms with van der Waals surface area (Å²) in [6.07, 6.45) is 13.4. The van der Waals surface area contributed by atoms with Crippen molar-refractivity contribution in [3.05, 3.63) is 0 Å². The molecule has 0 N–H and O–H groups in total. The van der Waals surface area contributed by atoms with Crippen molar-refractivity contribution in [1.29, 1.82) is 0 Å². The maximum atomic E-state index is 6.24. The molecule has 1 unspecified atom stereocenters. The first-order chi connectivity index (χ1) is 10.7. The Morgan fingerprint density at radius 2 is 1.50 bits per heavy atom. The zero-order chi connectivity index (χ0) is 15.0. The van der Waals surface area contributed by atoms with E-state index in [-0.39, 0.29) is 0 Å². The Balaban J connectivity index is 1.25. The topological polar surface area (TPSA) is 15.7 Å². The van der Waals surface area contributed by atoms with Gasteiger partial charge in [0.2, 0.25) is 0 Å². The summed E-state index contributed by atoms with van der Waals surface area (Å²) >= 11 is 0. The summed E-state index contributed by atoms with van der Waals surface area (Å²) in [6, 6.07) is 0. The average molecular weight is 306 g/mol. The van der Waals surface area contributed by atoms with Gasteiger partial charge in [-0.15, -0.1) is 0 Å². The number of likely N-dealkylation sites (tertiary alicyclic amines) is 2. The number of rotatable bonds is 2. The first-order valence-electron chi connectivity index (χ1n) is 9.70. The summed E-state index contributed by atoms with van der Waals surface area (Å²) in [4.78, 5) is 5.19. The highest BCUT2D eigenvalue weighted by Crippen LogP contribution is 2.47. The predicted octanol–water partition coefficient (Wildman–Crippen LogP) is 3.14. The zero-order valence-electron chi connectivity index (χ0n) is 14.5. The molecule has 3 saturated heterocycles. The van der Waals surface area contributed by atoms with Crippen LogP contribution in [0.25, 0.3) is 0 Å². The molecule has 0 bridgehead atoms. The van der Waals surface area contributed by atoms with Gasteiger partial charge in [-0.05, 0) is 89.0 Å². The smallest absolute Gasteiger partial charge is 0.0708 e. The Kier molecular flexibility index (Phi) is 4.25. The second-order valence-corrected chi connectivity index (χ2v) is 8.95. The molecule has 22 heavy (non-hydrogen) atoms. The van der Waals surface area contributed by atoms with Gasteiger partial charge in [0.25, 0.3) is 0 Å². The van der Waals surface area contributed by atoms with E-state index in [4.69, 9.17) is 4.74 Å². The van der Waals surface area contributed by atoms with E-state index in [1.54, 1.807) is 0 Å². The van der Waals surface area contributed by atoms with E-state index in [1.807, 2.05) is 0 Å². The summed E-state index contributed by atoms with van der Waals surface area (Å²) < 4.78 is 6.24. The number of nitrogens with zero attached hydrogens (tertiary/aromatic N) is 2. The minimum atomic E-state index is 0.515. The van der Waals surface area contributed by atoms with Crippen molar-refractivity contribution < 1.29 is 4.74 Å². The maximum absolute atomic E-state index is 6.24. The van der Waals surface area contributed by atoms with Crippen LogP contribution in [0.4, 0.5) is 0 Å². The van der Waals surface area contributed by atoms with Gasteiger partial charge in [0.15, 0.2) is 0 Å². The molecule has 0 radical (unpaired) electrons. The van der Waals surface area contributed by atoms with Gasteiger partial charge in [-0.25, -0.2) is 0 Å². The molecule has 3 nitrogen and oxygen atoms in total. The van der Waals surface area contributed by atoms with Crippen molar-refractivity contribution in [3.63, 3.8) is 0 Å². The molecule has 4 aliphatic rings. The number of hydrogen-bond donors (Lipinski definition) is 0. The fourth-order valence-corrected chi connectivity index (χ4v) is 5.58. The van der Waals surface area contributed by atoms with Gasteiger partial charge in [-0.3, -0.25) is 0 Å². The summed E-state index contributed by atoms with van der Waals surface area (Å²) in [7, 11) is 2.26. The maximum Gasteiger partial charge on any atom is 0.0708 e. The van der Waals surface area contributed by atoms with Crippen molar-refractivity contribution >= 4 is 0 Å². The zero-order valence-corrected chi connectivity index (χ0v) is 14.5. The summed E-state index contributed by atoms with van der Waals surface area (Å²) in [5, 5.41) is 0. The van der Waals surface area contributed by atoms with E-state index >= 15 is 0 Å². The van der Waals surface area contributed by atoms with Gasteiger partial charge in [0, 0.05) is 6.54 Å². The molecule has 0 aromatic carbocycles. The van der Waals surface area contributed by atoms with Crippen molar-refractivity contribution in [3.8, 4) is 0 Å². The molecule has 1 atom stereocenters. The van der Waals surface area contributed by atoms with Crippen LogP contribution in [0.1, 0.15) is 57.8 Å². The SMILES string of the molecule is CN1CCC2(CC1)COC(CN1CCC3(CCCC3)CC1)C2. The lowest BCUT2D eigenvalue weighted by Crippen LogP contribution is -2.42. The quantitative estimate of drug-likeness (QED) is 0.779. The monoisotopic (exact) mass is 306 g/mol. The Bertz CT molecular complexity index is 373. The second kappa shape index (κ2) is 6.07. The molecule has 0 aromatic rings. The molecule has 0 aromatic heterocycles. The molecule has 3 aliphatic heterocycles. The van der Waals surface area contributed by atoms with Gasteiger partial charge < -0.3 is 14.5 Å². The van der Waals surface area contributed by atoms with Crippen LogP contribution in [0.2, 0.25) is 0 Å². The molecule has 4 rings (SSSR count). The normalized spacial score (nSPS) is 35.6. The molecule has 3 heteroatoms. The van der Waals surface area contributed by atoms with Gasteiger partial charge in [0.1, 0.15) is 0 Å². The molecule has 126 valence electrons. The highest BCUT2D eigenvalue weighted by atomic mass is 16.5. The van der Waals surface area contributed by atoms with Gasteiger partial charge in [0.05, 0.1) is 12.7 Å². The van der Waals surface area contributed by atoms with Crippen LogP contribution in [0.3, 0.4) is 0 Å². The second-order valence-electron chi connectivity index (χ2n) is 8.95. The molecule has 1 saturated carbocycles. The fourth-order valence-electron chi connectivity index (χ4n) is 5.58. The minimum absolute atomic E-state index is 0.515. The van der Waals surface area contributed by atoms with Crippen molar-refractivity contribution in [1.82, 2.24) is 9.80 Å². The average Bonchev–Trinajstić information content (AvgIpc) is 3.14. The highest BCUT2D eigenvalue weighted by Gasteiger charge is 2.43. The van der Waals surface area contributed by atoms with Crippen molar-refractivity contribution in [2.24, 2.45) is 10.8 Å². The van der Waals surface area contributed by atoms with Crippen LogP contribution in [-0.2, 0) is 4.74 Å². The Hall–Kier alpha value is -0.120. The number of ether oxygens (including phenoxy) is 1. The van der Waals surface area contributed by atoms with Gasteiger partial charge >= 0.3 is 0 Å². The number of piperidine rings is 2. The summed E-state index contributed by atoms with van der Waals surface area (Å²) in [5.41, 5.74) is 1.28.